The fourth-order valence-electron chi connectivity index (χ4n) is 1.88. The average Bonchev–Trinajstić information content (AvgIpc) is 2.65. The topological polar surface area (TPSA) is 66.8 Å². The van der Waals surface area contributed by atoms with Crippen LogP contribution in [0.2, 0.25) is 0 Å². The summed E-state index contributed by atoms with van der Waals surface area (Å²) in [4.78, 5) is 10.7. The van der Waals surface area contributed by atoms with Gasteiger partial charge in [-0.25, -0.2) is 4.79 Å². The maximum atomic E-state index is 10.7. The minimum atomic E-state index is -0.936. The van der Waals surface area contributed by atoms with E-state index >= 15 is 0 Å². The predicted molar refractivity (Wildman–Crippen MR) is 57.5 cm³/mol. The van der Waals surface area contributed by atoms with Crippen LogP contribution >= 0.6 is 0 Å². The summed E-state index contributed by atoms with van der Waals surface area (Å²) in [7, 11) is 0. The Morgan fingerprint density at radius 3 is 2.56 bits per heavy atom. The third kappa shape index (κ3) is 2.40. The summed E-state index contributed by atoms with van der Waals surface area (Å²) >= 11 is 0. The van der Waals surface area contributed by atoms with Crippen LogP contribution in [0, 0.1) is 0 Å². The van der Waals surface area contributed by atoms with E-state index in [1.54, 1.807) is 24.3 Å². The zero-order valence-electron chi connectivity index (χ0n) is 8.85. The predicted octanol–water partition coefficient (Wildman–Crippen LogP) is 1.08. The van der Waals surface area contributed by atoms with Crippen LogP contribution in [0.4, 0.5) is 0 Å². The van der Waals surface area contributed by atoms with Crippen LogP contribution in [0.5, 0.6) is 0 Å². The molecule has 1 saturated heterocycles. The van der Waals surface area contributed by atoms with E-state index in [1.807, 2.05) is 0 Å². The second-order valence-electron chi connectivity index (χ2n) is 4.21. The molecule has 0 aromatic heterocycles. The first-order valence-electron chi connectivity index (χ1n) is 5.21. The molecular formula is C12H14O4. The molecule has 2 N–H and O–H groups in total. The number of carboxylic acid groups (broad SMARTS) is 1. The van der Waals surface area contributed by atoms with E-state index in [0.717, 1.165) is 5.56 Å². The number of hydrogen-bond acceptors (Lipinski definition) is 3. The van der Waals surface area contributed by atoms with Crippen molar-refractivity contribution in [3.8, 4) is 0 Å². The van der Waals surface area contributed by atoms with E-state index < -0.39 is 11.6 Å². The average molecular weight is 222 g/mol. The first-order valence-corrected chi connectivity index (χ1v) is 5.21. The van der Waals surface area contributed by atoms with Crippen LogP contribution in [0.25, 0.3) is 0 Å². The number of ether oxygens (including phenoxy) is 1. The Labute approximate surface area is 93.5 Å². The van der Waals surface area contributed by atoms with Gasteiger partial charge in [-0.05, 0) is 17.7 Å². The third-order valence-electron chi connectivity index (χ3n) is 2.82. The van der Waals surface area contributed by atoms with Crippen LogP contribution in [-0.2, 0) is 11.2 Å². The summed E-state index contributed by atoms with van der Waals surface area (Å²) in [6.07, 6.45) is 1.14. The lowest BCUT2D eigenvalue weighted by Gasteiger charge is -2.20. The summed E-state index contributed by atoms with van der Waals surface area (Å²) in [6, 6.07) is 6.58. The van der Waals surface area contributed by atoms with Gasteiger partial charge in [-0.1, -0.05) is 12.1 Å². The van der Waals surface area contributed by atoms with Gasteiger partial charge in [-0.2, -0.15) is 0 Å². The van der Waals surface area contributed by atoms with Crippen molar-refractivity contribution in [3.63, 3.8) is 0 Å². The molecule has 0 saturated carbocycles. The summed E-state index contributed by atoms with van der Waals surface area (Å²) in [5.41, 5.74) is 0.404. The molecule has 0 radical (unpaired) electrons. The number of benzene rings is 1. The van der Waals surface area contributed by atoms with Gasteiger partial charge in [0.05, 0.1) is 17.8 Å². The number of carbonyl (C=O) groups is 1. The summed E-state index contributed by atoms with van der Waals surface area (Å²) < 4.78 is 5.15. The molecule has 4 nitrogen and oxygen atoms in total. The molecule has 1 unspecified atom stereocenters. The smallest absolute Gasteiger partial charge is 0.335 e. The van der Waals surface area contributed by atoms with Crippen molar-refractivity contribution < 1.29 is 19.7 Å². The van der Waals surface area contributed by atoms with Gasteiger partial charge < -0.3 is 14.9 Å². The Kier molecular flexibility index (Phi) is 2.94. The molecule has 1 fully saturated rings. The number of aliphatic hydroxyl groups is 1. The Morgan fingerprint density at radius 1 is 1.38 bits per heavy atom. The van der Waals surface area contributed by atoms with E-state index in [2.05, 4.69) is 0 Å². The Morgan fingerprint density at radius 2 is 2.06 bits per heavy atom. The van der Waals surface area contributed by atoms with Crippen LogP contribution in [0.1, 0.15) is 22.3 Å². The number of rotatable bonds is 3. The standard InChI is InChI=1S/C12H14O4/c13-11(14)10-3-1-9(2-4-10)7-12(15)5-6-16-8-12/h1-4,15H,5-8H2,(H,13,14). The van der Waals surface area contributed by atoms with Gasteiger partial charge >= 0.3 is 5.97 Å². The maximum Gasteiger partial charge on any atom is 0.335 e. The number of hydrogen-bond donors (Lipinski definition) is 2. The Balaban J connectivity index is 2.07. The quantitative estimate of drug-likeness (QED) is 0.803. The largest absolute Gasteiger partial charge is 0.478 e. The highest BCUT2D eigenvalue weighted by atomic mass is 16.5. The second kappa shape index (κ2) is 4.23. The van der Waals surface area contributed by atoms with Crippen LogP contribution < -0.4 is 0 Å². The van der Waals surface area contributed by atoms with Gasteiger partial charge in [-0.3, -0.25) is 0 Å². The van der Waals surface area contributed by atoms with Gasteiger partial charge in [0.15, 0.2) is 0 Å². The van der Waals surface area contributed by atoms with Crippen molar-refractivity contribution in [3.05, 3.63) is 35.4 Å². The highest BCUT2D eigenvalue weighted by molar-refractivity contribution is 5.87. The fourth-order valence-corrected chi connectivity index (χ4v) is 1.88. The van der Waals surface area contributed by atoms with Gasteiger partial charge in [0.2, 0.25) is 0 Å². The van der Waals surface area contributed by atoms with Gasteiger partial charge in [0.25, 0.3) is 0 Å². The lowest BCUT2D eigenvalue weighted by molar-refractivity contribution is 0.0270. The maximum absolute atomic E-state index is 10.7. The monoisotopic (exact) mass is 222 g/mol. The van der Waals surface area contributed by atoms with Crippen LogP contribution in [-0.4, -0.2) is 35.0 Å². The molecule has 16 heavy (non-hydrogen) atoms. The minimum Gasteiger partial charge on any atom is -0.478 e. The van der Waals surface area contributed by atoms with Crippen molar-refractivity contribution in [1.29, 1.82) is 0 Å². The highest BCUT2D eigenvalue weighted by Gasteiger charge is 2.32. The summed E-state index contributed by atoms with van der Waals surface area (Å²) in [5.74, 6) is -0.936. The van der Waals surface area contributed by atoms with Crippen molar-refractivity contribution in [2.75, 3.05) is 13.2 Å². The molecule has 86 valence electrons. The zero-order chi connectivity index (χ0) is 11.6. The molecule has 0 aliphatic carbocycles. The van der Waals surface area contributed by atoms with Gasteiger partial charge in [0.1, 0.15) is 0 Å². The molecule has 1 aliphatic heterocycles. The molecule has 0 bridgehead atoms. The number of carboxylic acids is 1. The first-order chi connectivity index (χ1) is 7.59. The zero-order valence-corrected chi connectivity index (χ0v) is 8.85. The van der Waals surface area contributed by atoms with Crippen LogP contribution in [0.15, 0.2) is 24.3 Å². The minimum absolute atomic E-state index is 0.262. The van der Waals surface area contributed by atoms with Crippen molar-refractivity contribution in [2.24, 2.45) is 0 Å². The van der Waals surface area contributed by atoms with Gasteiger partial charge in [0, 0.05) is 19.4 Å². The second-order valence-corrected chi connectivity index (χ2v) is 4.21. The molecule has 1 atom stereocenters. The SMILES string of the molecule is O=C(O)c1ccc(CC2(O)CCOC2)cc1. The Bertz CT molecular complexity index is 377. The molecule has 1 aliphatic rings. The number of aromatic carboxylic acids is 1. The van der Waals surface area contributed by atoms with E-state index in [-0.39, 0.29) is 5.56 Å². The summed E-state index contributed by atoms with van der Waals surface area (Å²) in [5, 5.41) is 18.8. The highest BCUT2D eigenvalue weighted by Crippen LogP contribution is 2.23. The van der Waals surface area contributed by atoms with Crippen molar-refractivity contribution in [2.45, 2.75) is 18.4 Å². The summed E-state index contributed by atoms with van der Waals surface area (Å²) in [6.45, 7) is 0.942. The molecular weight excluding hydrogens is 208 g/mol. The lowest BCUT2D eigenvalue weighted by Crippen LogP contribution is -2.31. The molecule has 0 amide bonds. The Hall–Kier alpha value is -1.39. The van der Waals surface area contributed by atoms with Crippen molar-refractivity contribution in [1.82, 2.24) is 0 Å². The molecule has 1 aromatic carbocycles. The molecule has 1 heterocycles. The van der Waals surface area contributed by atoms with E-state index in [4.69, 9.17) is 9.84 Å². The van der Waals surface area contributed by atoms with Crippen molar-refractivity contribution >= 4 is 5.97 Å². The lowest BCUT2D eigenvalue weighted by atomic mass is 9.93. The van der Waals surface area contributed by atoms with E-state index in [1.165, 1.54) is 0 Å². The molecule has 4 heteroatoms. The molecule has 2 rings (SSSR count). The van der Waals surface area contributed by atoms with Gasteiger partial charge in [-0.15, -0.1) is 0 Å². The van der Waals surface area contributed by atoms with Crippen LogP contribution in [0.3, 0.4) is 0 Å². The van der Waals surface area contributed by atoms with E-state index in [0.29, 0.717) is 26.1 Å². The molecule has 1 aromatic rings. The first kappa shape index (κ1) is 11.1. The third-order valence-corrected chi connectivity index (χ3v) is 2.82. The van der Waals surface area contributed by atoms with E-state index in [9.17, 15) is 9.90 Å². The molecule has 0 spiro atoms. The fraction of sp³-hybridized carbons (Fsp3) is 0.417. The normalized spacial score (nSPS) is 24.6.